The van der Waals surface area contributed by atoms with Gasteiger partial charge in [-0.25, -0.2) is 4.98 Å². The van der Waals surface area contributed by atoms with Crippen LogP contribution in [0.25, 0.3) is 11.3 Å². The van der Waals surface area contributed by atoms with E-state index in [0.29, 0.717) is 16.6 Å². The molecule has 140 valence electrons. The molecule has 0 saturated heterocycles. The number of halogens is 1. The van der Waals surface area contributed by atoms with E-state index < -0.39 is 6.04 Å². The molecule has 0 aliphatic rings. The third kappa shape index (κ3) is 3.68. The standard InChI is InChI=1S/C21H17ClN4O2/c1-26-12-11-23-20(26)19(15-7-9-16(22)10-8-15)24-21(27)17-13-18(28-25-17)14-5-3-2-4-6-14/h2-13,19H,1H3,(H,24,27). The number of carbonyl (C=O) groups excluding carboxylic acids is 1. The number of rotatable bonds is 5. The molecule has 0 spiro atoms. The fourth-order valence-electron chi connectivity index (χ4n) is 2.93. The maximum absolute atomic E-state index is 12.8. The predicted molar refractivity (Wildman–Crippen MR) is 106 cm³/mol. The summed E-state index contributed by atoms with van der Waals surface area (Å²) in [5.41, 5.74) is 1.92. The average Bonchev–Trinajstić information content (AvgIpc) is 3.37. The number of benzene rings is 2. The molecule has 0 saturated carbocycles. The Balaban J connectivity index is 1.62. The zero-order valence-electron chi connectivity index (χ0n) is 15.0. The Labute approximate surface area is 166 Å². The molecule has 0 aliphatic heterocycles. The van der Waals surface area contributed by atoms with Gasteiger partial charge in [-0.05, 0) is 17.7 Å². The van der Waals surface area contributed by atoms with Crippen molar-refractivity contribution in [3.63, 3.8) is 0 Å². The van der Waals surface area contributed by atoms with Crippen LogP contribution in [-0.2, 0) is 7.05 Å². The van der Waals surface area contributed by atoms with Crippen LogP contribution in [0.1, 0.15) is 27.9 Å². The van der Waals surface area contributed by atoms with E-state index in [9.17, 15) is 4.79 Å². The lowest BCUT2D eigenvalue weighted by Crippen LogP contribution is -2.31. The minimum Gasteiger partial charge on any atom is -0.355 e. The number of aryl methyl sites for hydroxylation is 1. The molecule has 2 aromatic heterocycles. The van der Waals surface area contributed by atoms with Crippen LogP contribution in [0.3, 0.4) is 0 Å². The molecule has 0 bridgehead atoms. The van der Waals surface area contributed by atoms with Crippen molar-refractivity contribution in [3.05, 3.63) is 95.2 Å². The molecular formula is C21H17ClN4O2. The van der Waals surface area contributed by atoms with Gasteiger partial charge in [-0.3, -0.25) is 4.79 Å². The van der Waals surface area contributed by atoms with Gasteiger partial charge in [-0.2, -0.15) is 0 Å². The predicted octanol–water partition coefficient (Wildman–Crippen LogP) is 4.25. The first-order valence-corrected chi connectivity index (χ1v) is 9.05. The molecule has 2 aromatic carbocycles. The molecule has 1 unspecified atom stereocenters. The topological polar surface area (TPSA) is 73.0 Å². The second-order valence-corrected chi connectivity index (χ2v) is 6.73. The van der Waals surface area contributed by atoms with Crippen LogP contribution in [-0.4, -0.2) is 20.6 Å². The number of nitrogens with zero attached hydrogens (tertiary/aromatic N) is 3. The fraction of sp³-hybridized carbons (Fsp3) is 0.0952. The van der Waals surface area contributed by atoms with Gasteiger partial charge in [0.2, 0.25) is 0 Å². The van der Waals surface area contributed by atoms with E-state index in [4.69, 9.17) is 16.1 Å². The van der Waals surface area contributed by atoms with Crippen LogP contribution in [0.15, 0.2) is 77.6 Å². The lowest BCUT2D eigenvalue weighted by Gasteiger charge is -2.18. The van der Waals surface area contributed by atoms with Crippen molar-refractivity contribution in [2.75, 3.05) is 0 Å². The minimum atomic E-state index is -0.457. The summed E-state index contributed by atoms with van der Waals surface area (Å²) < 4.78 is 7.20. The Morgan fingerprint density at radius 2 is 1.89 bits per heavy atom. The molecule has 4 aromatic rings. The number of hydrogen-bond donors (Lipinski definition) is 1. The van der Waals surface area contributed by atoms with Gasteiger partial charge >= 0.3 is 0 Å². The van der Waals surface area contributed by atoms with Crippen LogP contribution in [0.4, 0.5) is 0 Å². The van der Waals surface area contributed by atoms with Crippen molar-refractivity contribution in [3.8, 4) is 11.3 Å². The molecular weight excluding hydrogens is 376 g/mol. The van der Waals surface area contributed by atoms with Crippen molar-refractivity contribution < 1.29 is 9.32 Å². The molecule has 1 amide bonds. The molecule has 0 aliphatic carbocycles. The van der Waals surface area contributed by atoms with Gasteiger partial charge in [-0.15, -0.1) is 0 Å². The first-order valence-electron chi connectivity index (χ1n) is 8.67. The van der Waals surface area contributed by atoms with Crippen LogP contribution in [0.5, 0.6) is 0 Å². The van der Waals surface area contributed by atoms with Gasteiger partial charge in [0.05, 0.1) is 0 Å². The van der Waals surface area contributed by atoms with Crippen LogP contribution >= 0.6 is 11.6 Å². The first kappa shape index (κ1) is 18.0. The van der Waals surface area contributed by atoms with Gasteiger partial charge in [0.15, 0.2) is 11.5 Å². The molecule has 28 heavy (non-hydrogen) atoms. The minimum absolute atomic E-state index is 0.201. The highest BCUT2D eigenvalue weighted by atomic mass is 35.5. The summed E-state index contributed by atoms with van der Waals surface area (Å²) in [4.78, 5) is 17.2. The second kappa shape index (κ2) is 7.70. The van der Waals surface area contributed by atoms with E-state index in [1.54, 1.807) is 24.4 Å². The zero-order valence-corrected chi connectivity index (χ0v) is 15.8. The van der Waals surface area contributed by atoms with E-state index in [0.717, 1.165) is 11.1 Å². The van der Waals surface area contributed by atoms with Crippen molar-refractivity contribution in [2.24, 2.45) is 7.05 Å². The van der Waals surface area contributed by atoms with Crippen molar-refractivity contribution in [2.45, 2.75) is 6.04 Å². The summed E-state index contributed by atoms with van der Waals surface area (Å²) in [6, 6.07) is 18.0. The van der Waals surface area contributed by atoms with Crippen molar-refractivity contribution in [1.29, 1.82) is 0 Å². The van der Waals surface area contributed by atoms with E-state index in [1.807, 2.05) is 60.3 Å². The van der Waals surface area contributed by atoms with E-state index in [2.05, 4.69) is 15.5 Å². The zero-order chi connectivity index (χ0) is 19.5. The van der Waals surface area contributed by atoms with Crippen molar-refractivity contribution >= 4 is 17.5 Å². The van der Waals surface area contributed by atoms with Gasteiger partial charge < -0.3 is 14.4 Å². The Hall–Kier alpha value is -3.38. The average molecular weight is 393 g/mol. The Morgan fingerprint density at radius 3 is 2.57 bits per heavy atom. The summed E-state index contributed by atoms with van der Waals surface area (Å²) in [5, 5.41) is 7.53. The van der Waals surface area contributed by atoms with E-state index in [1.165, 1.54) is 0 Å². The number of imidazole rings is 1. The third-order valence-electron chi connectivity index (χ3n) is 4.40. The highest BCUT2D eigenvalue weighted by Gasteiger charge is 2.23. The quantitative estimate of drug-likeness (QED) is 0.551. The number of aromatic nitrogens is 3. The maximum atomic E-state index is 12.8. The molecule has 0 fully saturated rings. The Morgan fingerprint density at radius 1 is 1.14 bits per heavy atom. The molecule has 7 heteroatoms. The SMILES string of the molecule is Cn1ccnc1C(NC(=O)c1cc(-c2ccccc2)on1)c1ccc(Cl)cc1. The Bertz CT molecular complexity index is 1090. The molecule has 6 nitrogen and oxygen atoms in total. The smallest absolute Gasteiger partial charge is 0.274 e. The third-order valence-corrected chi connectivity index (χ3v) is 4.65. The highest BCUT2D eigenvalue weighted by molar-refractivity contribution is 6.30. The molecule has 0 radical (unpaired) electrons. The second-order valence-electron chi connectivity index (χ2n) is 6.30. The summed E-state index contributed by atoms with van der Waals surface area (Å²) in [6.07, 6.45) is 3.52. The van der Waals surface area contributed by atoms with Gasteiger partial charge in [0, 0.05) is 36.1 Å². The van der Waals surface area contributed by atoms with E-state index >= 15 is 0 Å². The van der Waals surface area contributed by atoms with Crippen LogP contribution in [0.2, 0.25) is 5.02 Å². The largest absolute Gasteiger partial charge is 0.355 e. The summed E-state index contributed by atoms with van der Waals surface area (Å²) in [7, 11) is 1.88. The number of nitrogens with one attached hydrogen (secondary N) is 1. The van der Waals surface area contributed by atoms with Gasteiger partial charge in [0.25, 0.3) is 5.91 Å². The highest BCUT2D eigenvalue weighted by Crippen LogP contribution is 2.24. The summed E-state index contributed by atoms with van der Waals surface area (Å²) in [5.74, 6) is 0.877. The summed E-state index contributed by atoms with van der Waals surface area (Å²) in [6.45, 7) is 0. The van der Waals surface area contributed by atoms with E-state index in [-0.39, 0.29) is 11.6 Å². The lowest BCUT2D eigenvalue weighted by atomic mass is 10.1. The van der Waals surface area contributed by atoms with Gasteiger partial charge in [-0.1, -0.05) is 59.2 Å². The molecule has 1 atom stereocenters. The molecule has 1 N–H and O–H groups in total. The lowest BCUT2D eigenvalue weighted by molar-refractivity contribution is 0.0932. The van der Waals surface area contributed by atoms with Gasteiger partial charge in [0.1, 0.15) is 11.9 Å². The van der Waals surface area contributed by atoms with Crippen LogP contribution in [0, 0.1) is 0 Å². The first-order chi connectivity index (χ1) is 13.6. The molecule has 2 heterocycles. The number of hydrogen-bond acceptors (Lipinski definition) is 4. The van der Waals surface area contributed by atoms with Crippen LogP contribution < -0.4 is 5.32 Å². The monoisotopic (exact) mass is 392 g/mol. The maximum Gasteiger partial charge on any atom is 0.274 e. The Kier molecular flexibility index (Phi) is 4.95. The summed E-state index contributed by atoms with van der Waals surface area (Å²) >= 11 is 6.00. The van der Waals surface area contributed by atoms with Crippen molar-refractivity contribution in [1.82, 2.24) is 20.0 Å². The molecule has 4 rings (SSSR count). The number of carbonyl (C=O) groups is 1. The normalized spacial score (nSPS) is 11.9. The number of amides is 1. The fourth-order valence-corrected chi connectivity index (χ4v) is 3.06.